The van der Waals surface area contributed by atoms with Crippen molar-refractivity contribution >= 4 is 22.4 Å². The number of hydrogen-bond donors (Lipinski definition) is 2. The molecule has 3 rings (SSSR count). The van der Waals surface area contributed by atoms with Gasteiger partial charge in [-0.25, -0.2) is 0 Å². The van der Waals surface area contributed by atoms with Crippen LogP contribution in [0.15, 0.2) is 60.7 Å². The van der Waals surface area contributed by atoms with E-state index < -0.39 is 0 Å². The van der Waals surface area contributed by atoms with E-state index in [9.17, 15) is 4.79 Å². The smallest absolute Gasteiger partial charge is 0.262 e. The van der Waals surface area contributed by atoms with E-state index in [-0.39, 0.29) is 12.5 Å². The molecule has 0 unspecified atom stereocenters. The standard InChI is InChI=1S/C26H32N2O2/c1-3-4-5-8-17-27-18-24-23-10-7-6-9-21(23)13-16-25(24)30-19-26(29)28-22-14-11-20(2)12-15-22/h6-7,9-16,27H,3-5,8,17-19H2,1-2H3,(H,28,29). The Morgan fingerprint density at radius 3 is 2.53 bits per heavy atom. The number of nitrogens with one attached hydrogen (secondary N) is 2. The third-order valence-corrected chi connectivity index (χ3v) is 5.20. The van der Waals surface area contributed by atoms with Crippen LogP contribution in [0.3, 0.4) is 0 Å². The minimum Gasteiger partial charge on any atom is -0.483 e. The van der Waals surface area contributed by atoms with Crippen LogP contribution in [-0.4, -0.2) is 19.1 Å². The van der Waals surface area contributed by atoms with Crippen LogP contribution < -0.4 is 15.4 Å². The minimum absolute atomic E-state index is 0.0181. The Labute approximate surface area is 179 Å². The summed E-state index contributed by atoms with van der Waals surface area (Å²) in [5.41, 5.74) is 3.04. The Hall–Kier alpha value is -2.85. The van der Waals surface area contributed by atoms with Crippen LogP contribution in [0.2, 0.25) is 0 Å². The zero-order valence-corrected chi connectivity index (χ0v) is 18.0. The van der Waals surface area contributed by atoms with Gasteiger partial charge in [-0.1, -0.05) is 74.2 Å². The van der Waals surface area contributed by atoms with Crippen LogP contribution in [-0.2, 0) is 11.3 Å². The van der Waals surface area contributed by atoms with Gasteiger partial charge in [0, 0.05) is 17.8 Å². The van der Waals surface area contributed by atoms with E-state index in [0.717, 1.165) is 41.0 Å². The average Bonchev–Trinajstić information content (AvgIpc) is 2.76. The van der Waals surface area contributed by atoms with Crippen molar-refractivity contribution < 1.29 is 9.53 Å². The molecule has 0 atom stereocenters. The molecule has 0 aliphatic carbocycles. The van der Waals surface area contributed by atoms with Crippen LogP contribution in [0.25, 0.3) is 10.8 Å². The molecule has 0 aliphatic rings. The number of amides is 1. The summed E-state index contributed by atoms with van der Waals surface area (Å²) < 4.78 is 5.95. The maximum Gasteiger partial charge on any atom is 0.262 e. The average molecular weight is 405 g/mol. The van der Waals surface area contributed by atoms with Crippen molar-refractivity contribution in [2.24, 2.45) is 0 Å². The third kappa shape index (κ3) is 6.33. The fourth-order valence-corrected chi connectivity index (χ4v) is 3.50. The van der Waals surface area contributed by atoms with Gasteiger partial charge < -0.3 is 15.4 Å². The predicted molar refractivity (Wildman–Crippen MR) is 125 cm³/mol. The molecule has 0 heterocycles. The minimum atomic E-state index is -0.162. The highest BCUT2D eigenvalue weighted by atomic mass is 16.5. The number of hydrogen-bond acceptors (Lipinski definition) is 3. The first-order valence-corrected chi connectivity index (χ1v) is 10.9. The van der Waals surface area contributed by atoms with Crippen molar-refractivity contribution in [3.05, 3.63) is 71.8 Å². The van der Waals surface area contributed by atoms with Crippen molar-refractivity contribution in [1.29, 1.82) is 0 Å². The number of ether oxygens (including phenoxy) is 1. The summed E-state index contributed by atoms with van der Waals surface area (Å²) in [6.07, 6.45) is 4.95. The molecule has 0 bridgehead atoms. The van der Waals surface area contributed by atoms with Crippen LogP contribution >= 0.6 is 0 Å². The highest BCUT2D eigenvalue weighted by molar-refractivity contribution is 5.92. The molecule has 0 aliphatic heterocycles. The number of unbranched alkanes of at least 4 members (excludes halogenated alkanes) is 3. The quantitative estimate of drug-likeness (QED) is 0.395. The second-order valence-corrected chi connectivity index (χ2v) is 7.70. The Bertz CT molecular complexity index is 951. The largest absolute Gasteiger partial charge is 0.483 e. The van der Waals surface area contributed by atoms with Gasteiger partial charge in [0.2, 0.25) is 0 Å². The first-order valence-electron chi connectivity index (χ1n) is 10.9. The van der Waals surface area contributed by atoms with Crippen molar-refractivity contribution in [3.63, 3.8) is 0 Å². The summed E-state index contributed by atoms with van der Waals surface area (Å²) in [5, 5.41) is 8.77. The number of benzene rings is 3. The number of carbonyl (C=O) groups excluding carboxylic acids is 1. The molecule has 3 aromatic carbocycles. The Morgan fingerprint density at radius 2 is 1.73 bits per heavy atom. The monoisotopic (exact) mass is 404 g/mol. The highest BCUT2D eigenvalue weighted by Gasteiger charge is 2.11. The van der Waals surface area contributed by atoms with Crippen LogP contribution in [0, 0.1) is 6.92 Å². The van der Waals surface area contributed by atoms with Crippen molar-refractivity contribution in [2.75, 3.05) is 18.5 Å². The molecular weight excluding hydrogens is 372 g/mol. The summed E-state index contributed by atoms with van der Waals surface area (Å²) in [5.74, 6) is 0.597. The van der Waals surface area contributed by atoms with Crippen molar-refractivity contribution in [1.82, 2.24) is 5.32 Å². The molecule has 0 spiro atoms. The number of fused-ring (bicyclic) bond motifs is 1. The molecule has 2 N–H and O–H groups in total. The maximum atomic E-state index is 12.4. The SMILES string of the molecule is CCCCCCNCc1c(OCC(=O)Nc2ccc(C)cc2)ccc2ccccc12. The second kappa shape index (κ2) is 11.4. The first-order chi connectivity index (χ1) is 14.7. The second-order valence-electron chi connectivity index (χ2n) is 7.70. The van der Waals surface area contributed by atoms with E-state index in [4.69, 9.17) is 4.74 Å². The molecule has 0 aromatic heterocycles. The molecule has 1 amide bonds. The highest BCUT2D eigenvalue weighted by Crippen LogP contribution is 2.28. The van der Waals surface area contributed by atoms with E-state index in [1.807, 2.05) is 55.5 Å². The van der Waals surface area contributed by atoms with Gasteiger partial charge >= 0.3 is 0 Å². The Balaban J connectivity index is 1.64. The van der Waals surface area contributed by atoms with Crippen LogP contribution in [0.5, 0.6) is 5.75 Å². The molecule has 30 heavy (non-hydrogen) atoms. The number of anilines is 1. The zero-order valence-electron chi connectivity index (χ0n) is 18.0. The summed E-state index contributed by atoms with van der Waals surface area (Å²) in [6, 6.07) is 20.1. The lowest BCUT2D eigenvalue weighted by atomic mass is 10.0. The molecule has 0 saturated heterocycles. The summed E-state index contributed by atoms with van der Waals surface area (Å²) in [6.45, 7) is 5.94. The van der Waals surface area contributed by atoms with Crippen LogP contribution in [0.1, 0.15) is 43.7 Å². The van der Waals surface area contributed by atoms with E-state index in [1.54, 1.807) is 0 Å². The molecule has 4 heteroatoms. The van der Waals surface area contributed by atoms with Gasteiger partial charge in [-0.15, -0.1) is 0 Å². The van der Waals surface area contributed by atoms with E-state index in [1.165, 1.54) is 31.1 Å². The zero-order chi connectivity index (χ0) is 21.2. The lowest BCUT2D eigenvalue weighted by Gasteiger charge is -2.15. The maximum absolute atomic E-state index is 12.4. The molecule has 158 valence electrons. The molecule has 3 aromatic rings. The Kier molecular flexibility index (Phi) is 8.28. The van der Waals surface area contributed by atoms with E-state index in [0.29, 0.717) is 0 Å². The van der Waals surface area contributed by atoms with Crippen molar-refractivity contribution in [3.8, 4) is 5.75 Å². The topological polar surface area (TPSA) is 50.4 Å². The first kappa shape index (κ1) is 21.8. The number of aryl methyl sites for hydroxylation is 1. The molecule has 0 fully saturated rings. The van der Waals surface area contributed by atoms with Gasteiger partial charge in [-0.2, -0.15) is 0 Å². The number of carbonyl (C=O) groups is 1. The van der Waals surface area contributed by atoms with Gasteiger partial charge in [0.15, 0.2) is 6.61 Å². The third-order valence-electron chi connectivity index (χ3n) is 5.20. The summed E-state index contributed by atoms with van der Waals surface area (Å²) in [4.78, 5) is 12.4. The fraction of sp³-hybridized carbons (Fsp3) is 0.346. The lowest BCUT2D eigenvalue weighted by Crippen LogP contribution is -2.21. The van der Waals surface area contributed by atoms with Gasteiger partial charge in [0.05, 0.1) is 0 Å². The van der Waals surface area contributed by atoms with E-state index in [2.05, 4.69) is 29.7 Å². The van der Waals surface area contributed by atoms with E-state index >= 15 is 0 Å². The van der Waals surface area contributed by atoms with Gasteiger partial charge in [0.1, 0.15) is 5.75 Å². The van der Waals surface area contributed by atoms with Crippen LogP contribution in [0.4, 0.5) is 5.69 Å². The lowest BCUT2D eigenvalue weighted by molar-refractivity contribution is -0.118. The Morgan fingerprint density at radius 1 is 0.933 bits per heavy atom. The van der Waals surface area contributed by atoms with Gasteiger partial charge in [0.25, 0.3) is 5.91 Å². The predicted octanol–water partition coefficient (Wildman–Crippen LogP) is 5.84. The molecule has 4 nitrogen and oxygen atoms in total. The molecule has 0 radical (unpaired) electrons. The van der Waals surface area contributed by atoms with Gasteiger partial charge in [-0.05, 0) is 48.9 Å². The molecular formula is C26H32N2O2. The van der Waals surface area contributed by atoms with Gasteiger partial charge in [-0.3, -0.25) is 4.79 Å². The normalized spacial score (nSPS) is 10.9. The van der Waals surface area contributed by atoms with Crippen molar-refractivity contribution in [2.45, 2.75) is 46.1 Å². The summed E-state index contributed by atoms with van der Waals surface area (Å²) in [7, 11) is 0. The molecule has 0 saturated carbocycles. The number of rotatable bonds is 11. The summed E-state index contributed by atoms with van der Waals surface area (Å²) >= 11 is 0. The fourth-order valence-electron chi connectivity index (χ4n) is 3.50.